The third-order valence-corrected chi connectivity index (χ3v) is 9.05. The van der Waals surface area contributed by atoms with Crippen molar-refractivity contribution in [2.75, 3.05) is 0 Å². The molecule has 7 aromatic carbocycles. The Morgan fingerprint density at radius 1 is 0.419 bits per heavy atom. The molecule has 2 N–H and O–H groups in total. The Morgan fingerprint density at radius 3 is 1.93 bits per heavy atom. The van der Waals surface area contributed by atoms with Gasteiger partial charge in [-0.1, -0.05) is 115 Å². The summed E-state index contributed by atoms with van der Waals surface area (Å²) in [5.41, 5.74) is 14.3. The molecule has 2 heterocycles. The molecule has 2 unspecified atom stereocenters. The van der Waals surface area contributed by atoms with E-state index in [2.05, 4.69) is 121 Å². The first-order chi connectivity index (χ1) is 21.3. The van der Waals surface area contributed by atoms with Crippen molar-refractivity contribution in [1.82, 2.24) is 0 Å². The number of furan rings is 2. The summed E-state index contributed by atoms with van der Waals surface area (Å²) in [4.78, 5) is 0. The van der Waals surface area contributed by atoms with Crippen LogP contribution in [0, 0.1) is 0 Å². The molecule has 3 nitrogen and oxygen atoms in total. The van der Waals surface area contributed by atoms with E-state index < -0.39 is 0 Å². The molecule has 0 bridgehead atoms. The van der Waals surface area contributed by atoms with Crippen LogP contribution >= 0.6 is 0 Å². The summed E-state index contributed by atoms with van der Waals surface area (Å²) in [6, 6.07) is 48.4. The van der Waals surface area contributed by atoms with Gasteiger partial charge in [-0.05, 0) is 51.7 Å². The van der Waals surface area contributed by atoms with Crippen LogP contribution in [0.3, 0.4) is 0 Å². The molecule has 0 aliphatic heterocycles. The molecule has 0 saturated heterocycles. The second-order valence-electron chi connectivity index (χ2n) is 11.4. The lowest BCUT2D eigenvalue weighted by molar-refractivity contribution is 0.633. The zero-order chi connectivity index (χ0) is 28.5. The summed E-state index contributed by atoms with van der Waals surface area (Å²) >= 11 is 0. The van der Waals surface area contributed by atoms with Crippen LogP contribution in [0.25, 0.3) is 65.4 Å². The van der Waals surface area contributed by atoms with Gasteiger partial charge in [-0.2, -0.15) is 0 Å². The van der Waals surface area contributed by atoms with Gasteiger partial charge in [0.15, 0.2) is 0 Å². The predicted octanol–water partition coefficient (Wildman–Crippen LogP) is 10.6. The fraction of sp³-hybridized carbons (Fsp3) is 0.0500. The van der Waals surface area contributed by atoms with Crippen LogP contribution < -0.4 is 5.73 Å². The third-order valence-electron chi connectivity index (χ3n) is 9.05. The molecule has 43 heavy (non-hydrogen) atoms. The number of benzene rings is 7. The lowest BCUT2D eigenvalue weighted by atomic mass is 9.78. The van der Waals surface area contributed by atoms with Crippen LogP contribution in [-0.2, 0) is 0 Å². The number of fused-ring (bicyclic) bond motifs is 10. The number of para-hydroxylation sites is 1. The van der Waals surface area contributed by atoms with E-state index in [-0.39, 0.29) is 12.0 Å². The van der Waals surface area contributed by atoms with Crippen molar-refractivity contribution in [1.29, 1.82) is 0 Å². The zero-order valence-corrected chi connectivity index (χ0v) is 23.3. The predicted molar refractivity (Wildman–Crippen MR) is 178 cm³/mol. The maximum Gasteiger partial charge on any atom is 0.143 e. The first-order valence-electron chi connectivity index (χ1n) is 14.7. The van der Waals surface area contributed by atoms with Gasteiger partial charge in [0.2, 0.25) is 0 Å². The van der Waals surface area contributed by atoms with Crippen LogP contribution in [0.5, 0.6) is 0 Å². The van der Waals surface area contributed by atoms with Crippen molar-refractivity contribution in [3.63, 3.8) is 0 Å². The molecule has 9 aromatic rings. The lowest BCUT2D eigenvalue weighted by Gasteiger charge is -2.27. The number of hydrogen-bond donors (Lipinski definition) is 1. The molecular weight excluding hydrogens is 526 g/mol. The standard InChI is InChI=1S/C40H27NO2/c41-38(26-11-2-1-3-12-26)37(30-16-8-13-25-21-22-29-28-15-6-7-18-33(28)42-40(29)35(25)30)31-17-9-19-34-36(31)32-23-20-24-10-4-5-14-27(24)39(32)43-34/h1-23,37-38H,41H2. The Bertz CT molecular complexity index is 2490. The highest BCUT2D eigenvalue weighted by molar-refractivity contribution is 6.18. The second-order valence-corrected chi connectivity index (χ2v) is 11.4. The molecule has 9 rings (SSSR count). The normalized spacial score (nSPS) is 13.5. The van der Waals surface area contributed by atoms with Crippen LogP contribution in [0.4, 0.5) is 0 Å². The van der Waals surface area contributed by atoms with E-state index in [9.17, 15) is 0 Å². The average Bonchev–Trinajstić information content (AvgIpc) is 3.64. The SMILES string of the molecule is NC(c1ccccc1)C(c1cccc2oc3c4ccccc4ccc3c12)c1cccc2ccc3c4ccccc4oc3c12. The van der Waals surface area contributed by atoms with E-state index in [0.29, 0.717) is 0 Å². The fourth-order valence-corrected chi connectivity index (χ4v) is 7.10. The largest absolute Gasteiger partial charge is 0.455 e. The Balaban J connectivity index is 1.40. The van der Waals surface area contributed by atoms with E-state index in [4.69, 9.17) is 14.6 Å². The van der Waals surface area contributed by atoms with Gasteiger partial charge in [-0.15, -0.1) is 0 Å². The van der Waals surface area contributed by atoms with Crippen LogP contribution in [0.2, 0.25) is 0 Å². The molecule has 0 radical (unpaired) electrons. The molecule has 2 aromatic heterocycles. The van der Waals surface area contributed by atoms with Crippen LogP contribution in [0.15, 0.2) is 148 Å². The van der Waals surface area contributed by atoms with Gasteiger partial charge in [0, 0.05) is 44.3 Å². The summed E-state index contributed by atoms with van der Waals surface area (Å²) in [5, 5.41) is 8.94. The van der Waals surface area contributed by atoms with Gasteiger partial charge < -0.3 is 14.6 Å². The zero-order valence-electron chi connectivity index (χ0n) is 23.3. The Morgan fingerprint density at radius 2 is 1.05 bits per heavy atom. The molecule has 0 saturated carbocycles. The Labute approximate surface area is 247 Å². The Hall–Kier alpha value is -5.38. The van der Waals surface area contributed by atoms with Crippen molar-refractivity contribution in [2.24, 2.45) is 5.73 Å². The van der Waals surface area contributed by atoms with Crippen molar-refractivity contribution < 1.29 is 8.83 Å². The van der Waals surface area contributed by atoms with Gasteiger partial charge in [0.25, 0.3) is 0 Å². The van der Waals surface area contributed by atoms with Crippen molar-refractivity contribution >= 4 is 65.4 Å². The van der Waals surface area contributed by atoms with E-state index in [0.717, 1.165) is 82.1 Å². The number of hydrogen-bond acceptors (Lipinski definition) is 3. The van der Waals surface area contributed by atoms with E-state index >= 15 is 0 Å². The molecule has 0 spiro atoms. The molecule has 204 valence electrons. The molecule has 2 atom stereocenters. The highest BCUT2D eigenvalue weighted by Crippen LogP contribution is 2.46. The molecule has 0 aliphatic carbocycles. The minimum absolute atomic E-state index is 0.180. The van der Waals surface area contributed by atoms with E-state index in [1.807, 2.05) is 18.2 Å². The molecule has 0 fully saturated rings. The maximum atomic E-state index is 7.35. The second kappa shape index (κ2) is 9.32. The lowest BCUT2D eigenvalue weighted by Crippen LogP contribution is -2.21. The topological polar surface area (TPSA) is 52.3 Å². The highest BCUT2D eigenvalue weighted by Gasteiger charge is 2.29. The molecular formula is C40H27NO2. The summed E-state index contributed by atoms with van der Waals surface area (Å²) in [6.45, 7) is 0. The minimum atomic E-state index is -0.317. The first-order valence-corrected chi connectivity index (χ1v) is 14.7. The van der Waals surface area contributed by atoms with Crippen LogP contribution in [0.1, 0.15) is 28.7 Å². The smallest absolute Gasteiger partial charge is 0.143 e. The summed E-state index contributed by atoms with van der Waals surface area (Å²) in [6.07, 6.45) is 0. The summed E-state index contributed by atoms with van der Waals surface area (Å²) in [7, 11) is 0. The van der Waals surface area contributed by atoms with E-state index in [1.54, 1.807) is 0 Å². The van der Waals surface area contributed by atoms with Gasteiger partial charge in [0.1, 0.15) is 22.3 Å². The minimum Gasteiger partial charge on any atom is -0.455 e. The van der Waals surface area contributed by atoms with Gasteiger partial charge in [0.05, 0.1) is 0 Å². The van der Waals surface area contributed by atoms with Crippen molar-refractivity contribution in [2.45, 2.75) is 12.0 Å². The van der Waals surface area contributed by atoms with Gasteiger partial charge >= 0.3 is 0 Å². The molecule has 3 heteroatoms. The van der Waals surface area contributed by atoms with Gasteiger partial charge in [-0.3, -0.25) is 0 Å². The first kappa shape index (κ1) is 24.2. The summed E-state index contributed by atoms with van der Waals surface area (Å²) in [5.74, 6) is -0.180. The molecule has 0 aliphatic rings. The average molecular weight is 554 g/mol. The summed E-state index contributed by atoms with van der Waals surface area (Å²) < 4.78 is 13.2. The van der Waals surface area contributed by atoms with Crippen molar-refractivity contribution in [3.05, 3.63) is 156 Å². The van der Waals surface area contributed by atoms with E-state index in [1.165, 1.54) is 0 Å². The highest BCUT2D eigenvalue weighted by atomic mass is 16.3. The quantitative estimate of drug-likeness (QED) is 0.236. The maximum absolute atomic E-state index is 7.35. The fourth-order valence-electron chi connectivity index (χ4n) is 7.10. The number of rotatable bonds is 4. The van der Waals surface area contributed by atoms with Crippen LogP contribution in [-0.4, -0.2) is 0 Å². The Kier molecular flexibility index (Phi) is 5.25. The molecule has 0 amide bonds. The van der Waals surface area contributed by atoms with Gasteiger partial charge in [-0.25, -0.2) is 0 Å². The number of nitrogens with two attached hydrogens (primary N) is 1. The van der Waals surface area contributed by atoms with Crippen molar-refractivity contribution in [3.8, 4) is 0 Å². The monoisotopic (exact) mass is 553 g/mol. The third kappa shape index (κ3) is 3.59.